The van der Waals surface area contributed by atoms with E-state index in [4.69, 9.17) is 0 Å². The highest BCUT2D eigenvalue weighted by molar-refractivity contribution is 6.21. The van der Waals surface area contributed by atoms with Crippen molar-refractivity contribution in [1.82, 2.24) is 9.80 Å². The number of hydrogen-bond donors (Lipinski definition) is 0. The number of benzene rings is 1. The summed E-state index contributed by atoms with van der Waals surface area (Å²) in [4.78, 5) is 51.6. The molecule has 1 aliphatic heterocycles. The maximum Gasteiger partial charge on any atom is 0.307 e. The van der Waals surface area contributed by atoms with Crippen LogP contribution < -0.4 is 0 Å². The van der Waals surface area contributed by atoms with Crippen LogP contribution in [0.25, 0.3) is 0 Å². The van der Waals surface area contributed by atoms with Gasteiger partial charge in [-0.15, -0.1) is 0 Å². The lowest BCUT2D eigenvalue weighted by atomic mass is 10.1. The number of hydrogen-bond acceptors (Lipinski definition) is 5. The van der Waals surface area contributed by atoms with Crippen molar-refractivity contribution in [3.05, 3.63) is 35.4 Å². The first-order chi connectivity index (χ1) is 13.5. The molecule has 0 radical (unpaired) electrons. The number of methoxy groups -OCH3 is 1. The molecule has 0 bridgehead atoms. The number of fused-ring (bicyclic) bond motifs is 1. The molecule has 0 aromatic heterocycles. The summed E-state index contributed by atoms with van der Waals surface area (Å²) < 4.78 is 4.65. The van der Waals surface area contributed by atoms with Crippen molar-refractivity contribution in [3.63, 3.8) is 0 Å². The average molecular weight is 388 g/mol. The lowest BCUT2D eigenvalue weighted by molar-refractivity contribution is -0.141. The maximum atomic E-state index is 12.6. The van der Waals surface area contributed by atoms with E-state index >= 15 is 0 Å². The van der Waals surface area contributed by atoms with Crippen LogP contribution in [0.3, 0.4) is 0 Å². The van der Waals surface area contributed by atoms with E-state index in [0.717, 1.165) is 19.3 Å². The maximum absolute atomic E-state index is 12.6. The smallest absolute Gasteiger partial charge is 0.307 e. The molecule has 152 valence electrons. The summed E-state index contributed by atoms with van der Waals surface area (Å²) in [6.45, 7) is 3.21. The molecule has 3 amide bonds. The fourth-order valence-corrected chi connectivity index (χ4v) is 3.23. The zero-order chi connectivity index (χ0) is 20.5. The Morgan fingerprint density at radius 1 is 0.964 bits per heavy atom. The van der Waals surface area contributed by atoms with Gasteiger partial charge in [-0.05, 0) is 25.0 Å². The van der Waals surface area contributed by atoms with Crippen LogP contribution in [-0.2, 0) is 14.3 Å². The van der Waals surface area contributed by atoms with E-state index in [1.807, 2.05) is 0 Å². The number of amides is 3. The lowest BCUT2D eigenvalue weighted by Gasteiger charge is -2.23. The third-order valence-electron chi connectivity index (χ3n) is 4.85. The summed E-state index contributed by atoms with van der Waals surface area (Å²) in [5, 5.41) is 0. The molecule has 0 N–H and O–H groups in total. The molecule has 2 rings (SSSR count). The Bertz CT molecular complexity index is 696. The molecule has 0 aliphatic carbocycles. The Hall–Kier alpha value is -2.70. The number of carbonyl (C=O) groups is 4. The second-order valence-electron chi connectivity index (χ2n) is 6.83. The van der Waals surface area contributed by atoms with Crippen molar-refractivity contribution in [2.75, 3.05) is 26.7 Å². The second kappa shape index (κ2) is 10.6. The van der Waals surface area contributed by atoms with Crippen LogP contribution in [0.2, 0.25) is 0 Å². The number of imide groups is 1. The van der Waals surface area contributed by atoms with Gasteiger partial charge in [-0.25, -0.2) is 0 Å². The molecule has 1 aliphatic rings. The molecule has 1 aromatic carbocycles. The summed E-state index contributed by atoms with van der Waals surface area (Å²) in [5.74, 6) is -1.03. The molecule has 7 nitrogen and oxygen atoms in total. The van der Waals surface area contributed by atoms with Crippen LogP contribution in [0.1, 0.15) is 66.2 Å². The van der Waals surface area contributed by atoms with Crippen LogP contribution in [0.15, 0.2) is 24.3 Å². The van der Waals surface area contributed by atoms with Crippen molar-refractivity contribution in [1.29, 1.82) is 0 Å². The molecule has 0 spiro atoms. The van der Waals surface area contributed by atoms with E-state index in [1.54, 1.807) is 29.2 Å². The largest absolute Gasteiger partial charge is 0.469 e. The molecular weight excluding hydrogens is 360 g/mol. The number of carbonyl (C=O) groups excluding carboxylic acids is 4. The van der Waals surface area contributed by atoms with Crippen LogP contribution >= 0.6 is 0 Å². The Morgan fingerprint density at radius 2 is 1.61 bits per heavy atom. The van der Waals surface area contributed by atoms with E-state index in [0.29, 0.717) is 30.6 Å². The van der Waals surface area contributed by atoms with Crippen LogP contribution in [0.5, 0.6) is 0 Å². The van der Waals surface area contributed by atoms with E-state index < -0.39 is 0 Å². The quantitative estimate of drug-likeness (QED) is 0.331. The van der Waals surface area contributed by atoms with Gasteiger partial charge in [-0.2, -0.15) is 0 Å². The molecule has 1 heterocycles. The summed E-state index contributed by atoms with van der Waals surface area (Å²) in [6.07, 6.45) is 3.71. The van der Waals surface area contributed by atoms with Gasteiger partial charge < -0.3 is 9.64 Å². The Kier molecular flexibility index (Phi) is 8.17. The van der Waals surface area contributed by atoms with Gasteiger partial charge in [0.2, 0.25) is 5.91 Å². The summed E-state index contributed by atoms with van der Waals surface area (Å²) in [5.41, 5.74) is 0.830. The third-order valence-corrected chi connectivity index (χ3v) is 4.85. The Labute approximate surface area is 165 Å². The zero-order valence-corrected chi connectivity index (χ0v) is 16.6. The highest BCUT2D eigenvalue weighted by Crippen LogP contribution is 2.22. The first kappa shape index (κ1) is 21.6. The molecule has 0 fully saturated rings. The zero-order valence-electron chi connectivity index (χ0n) is 16.6. The Balaban J connectivity index is 1.86. The van der Waals surface area contributed by atoms with Crippen molar-refractivity contribution < 1.29 is 23.9 Å². The minimum absolute atomic E-state index is 0.0726. The van der Waals surface area contributed by atoms with Crippen molar-refractivity contribution in [2.45, 2.75) is 45.4 Å². The molecule has 7 heteroatoms. The standard InChI is InChI=1S/C21H28N2O5/c1-3-4-7-13-22(15-12-19(25)28-2)18(24)11-8-14-23-20(26)16-9-5-6-10-17(16)21(23)27/h5-6,9-10H,3-4,7-8,11-15H2,1-2H3. The number of rotatable bonds is 11. The predicted octanol–water partition coefficient (Wildman–Crippen LogP) is 2.64. The summed E-state index contributed by atoms with van der Waals surface area (Å²) >= 11 is 0. The van der Waals surface area contributed by atoms with E-state index in [9.17, 15) is 19.2 Å². The molecule has 0 unspecified atom stereocenters. The minimum atomic E-state index is -0.348. The molecule has 0 atom stereocenters. The molecule has 0 saturated heterocycles. The SMILES string of the molecule is CCCCCN(CCC(=O)OC)C(=O)CCCN1C(=O)c2ccccc2C1=O. The fraction of sp³-hybridized carbons (Fsp3) is 0.524. The number of esters is 1. The van der Waals surface area contributed by atoms with Gasteiger partial charge in [-0.3, -0.25) is 24.1 Å². The lowest BCUT2D eigenvalue weighted by Crippen LogP contribution is -2.35. The fourth-order valence-electron chi connectivity index (χ4n) is 3.23. The highest BCUT2D eigenvalue weighted by atomic mass is 16.5. The van der Waals surface area contributed by atoms with Gasteiger partial charge in [0.15, 0.2) is 0 Å². The predicted molar refractivity (Wildman–Crippen MR) is 104 cm³/mol. The van der Waals surface area contributed by atoms with E-state index in [2.05, 4.69) is 11.7 Å². The number of unbranched alkanes of at least 4 members (excludes halogenated alkanes) is 2. The van der Waals surface area contributed by atoms with Crippen molar-refractivity contribution >= 4 is 23.7 Å². The first-order valence-corrected chi connectivity index (χ1v) is 9.79. The topological polar surface area (TPSA) is 84.0 Å². The van der Waals surface area contributed by atoms with Gasteiger partial charge in [0.25, 0.3) is 11.8 Å². The van der Waals surface area contributed by atoms with Crippen molar-refractivity contribution in [2.24, 2.45) is 0 Å². The Morgan fingerprint density at radius 3 is 2.18 bits per heavy atom. The number of nitrogens with zero attached hydrogens (tertiary/aromatic N) is 2. The van der Waals surface area contributed by atoms with Crippen molar-refractivity contribution in [3.8, 4) is 0 Å². The second-order valence-corrected chi connectivity index (χ2v) is 6.83. The van der Waals surface area contributed by atoms with Crippen LogP contribution in [-0.4, -0.2) is 60.2 Å². The highest BCUT2D eigenvalue weighted by Gasteiger charge is 2.34. The molecule has 28 heavy (non-hydrogen) atoms. The van der Waals surface area contributed by atoms with Gasteiger partial charge in [-0.1, -0.05) is 31.9 Å². The van der Waals surface area contributed by atoms with Gasteiger partial charge >= 0.3 is 5.97 Å². The average Bonchev–Trinajstić information content (AvgIpc) is 2.95. The van der Waals surface area contributed by atoms with Crippen LogP contribution in [0, 0.1) is 0 Å². The van der Waals surface area contributed by atoms with E-state index in [1.165, 1.54) is 12.0 Å². The normalized spacial score (nSPS) is 12.9. The van der Waals surface area contributed by atoms with Gasteiger partial charge in [0.1, 0.15) is 0 Å². The first-order valence-electron chi connectivity index (χ1n) is 9.79. The number of ether oxygens (including phenoxy) is 1. The van der Waals surface area contributed by atoms with Crippen LogP contribution in [0.4, 0.5) is 0 Å². The van der Waals surface area contributed by atoms with Gasteiger partial charge in [0, 0.05) is 26.1 Å². The van der Waals surface area contributed by atoms with Gasteiger partial charge in [0.05, 0.1) is 24.7 Å². The monoisotopic (exact) mass is 388 g/mol. The molecule has 0 saturated carbocycles. The molecular formula is C21H28N2O5. The molecule has 1 aromatic rings. The third kappa shape index (κ3) is 5.41. The van der Waals surface area contributed by atoms with E-state index in [-0.39, 0.29) is 43.1 Å². The summed E-state index contributed by atoms with van der Waals surface area (Å²) in [7, 11) is 1.33. The minimum Gasteiger partial charge on any atom is -0.469 e. The summed E-state index contributed by atoms with van der Waals surface area (Å²) in [6, 6.07) is 6.74.